The minimum atomic E-state index is -1.05. The normalized spacial score (nSPS) is 10.2. The number of carbonyl (C=O) groups is 2. The highest BCUT2D eigenvalue weighted by Crippen LogP contribution is 2.20. The zero-order valence-corrected chi connectivity index (χ0v) is 12.4. The lowest BCUT2D eigenvalue weighted by atomic mass is 10.1. The Hall–Kier alpha value is -1.75. The lowest BCUT2D eigenvalue weighted by Gasteiger charge is -2.19. The fourth-order valence-corrected chi connectivity index (χ4v) is 2.06. The van der Waals surface area contributed by atoms with E-state index in [9.17, 15) is 9.59 Å². The summed E-state index contributed by atoms with van der Waals surface area (Å²) in [4.78, 5) is 24.7. The molecule has 0 unspecified atom stereocenters. The zero-order valence-electron chi connectivity index (χ0n) is 11.6. The summed E-state index contributed by atoms with van der Waals surface area (Å²) < 4.78 is 0. The van der Waals surface area contributed by atoms with Gasteiger partial charge in [-0.1, -0.05) is 11.6 Å². The molecule has 0 atom stereocenters. The van der Waals surface area contributed by atoms with E-state index in [0.29, 0.717) is 36.8 Å². The van der Waals surface area contributed by atoms with Crippen molar-refractivity contribution >= 4 is 29.2 Å². The summed E-state index contributed by atoms with van der Waals surface area (Å²) in [5.74, 6) is -1.00. The number of nitrogens with one attached hydrogen (secondary N) is 1. The van der Waals surface area contributed by atoms with E-state index < -0.39 is 5.97 Å². The van der Waals surface area contributed by atoms with Crippen LogP contribution < -0.4 is 5.32 Å². The molecular weight excluding hydrogens is 280 g/mol. The number of carboxylic acids is 1. The molecule has 0 aliphatic rings. The number of rotatable bonds is 7. The predicted octanol–water partition coefficient (Wildman–Crippen LogP) is 2.71. The molecule has 5 nitrogen and oxygen atoms in total. The molecule has 1 aromatic rings. The first-order chi connectivity index (χ1) is 9.49. The summed E-state index contributed by atoms with van der Waals surface area (Å²) >= 11 is 5.77. The molecule has 0 heterocycles. The number of anilines is 1. The molecule has 0 spiro atoms. The summed E-state index contributed by atoms with van der Waals surface area (Å²) in [6.07, 6.45) is 0.323. The Labute approximate surface area is 123 Å². The van der Waals surface area contributed by atoms with Crippen LogP contribution in [0.15, 0.2) is 18.2 Å². The van der Waals surface area contributed by atoms with E-state index >= 15 is 0 Å². The highest BCUT2D eigenvalue weighted by atomic mass is 35.5. The van der Waals surface area contributed by atoms with Crippen LogP contribution in [0.4, 0.5) is 5.69 Å². The number of nitrogens with zero attached hydrogens (tertiary/aromatic N) is 1. The lowest BCUT2D eigenvalue weighted by Crippen LogP contribution is -2.31. The van der Waals surface area contributed by atoms with Crippen molar-refractivity contribution in [2.24, 2.45) is 0 Å². The predicted molar refractivity (Wildman–Crippen MR) is 79.4 cm³/mol. The highest BCUT2D eigenvalue weighted by Gasteiger charge is 2.12. The number of hydrogen-bond donors (Lipinski definition) is 2. The molecule has 0 aromatic heterocycles. The van der Waals surface area contributed by atoms with Gasteiger partial charge in [0.1, 0.15) is 0 Å². The third-order valence-corrected chi connectivity index (χ3v) is 3.22. The third kappa shape index (κ3) is 4.42. The van der Waals surface area contributed by atoms with Gasteiger partial charge in [-0.05, 0) is 32.0 Å². The van der Waals surface area contributed by atoms with E-state index in [1.54, 1.807) is 17.0 Å². The highest BCUT2D eigenvalue weighted by molar-refractivity contribution is 6.31. The van der Waals surface area contributed by atoms with Gasteiger partial charge in [0.2, 0.25) is 5.91 Å². The van der Waals surface area contributed by atoms with Crippen LogP contribution in [-0.2, 0) is 4.79 Å². The third-order valence-electron chi connectivity index (χ3n) is 2.98. The Balaban J connectivity index is 2.62. The van der Waals surface area contributed by atoms with Gasteiger partial charge in [0.15, 0.2) is 0 Å². The van der Waals surface area contributed by atoms with E-state index in [1.807, 2.05) is 13.8 Å². The average molecular weight is 299 g/mol. The van der Waals surface area contributed by atoms with Gasteiger partial charge in [0, 0.05) is 36.8 Å². The maximum Gasteiger partial charge on any atom is 0.337 e. The Kier molecular flexibility index (Phi) is 6.31. The molecule has 0 aliphatic carbocycles. The summed E-state index contributed by atoms with van der Waals surface area (Å²) in [5, 5.41) is 12.4. The second-order valence-corrected chi connectivity index (χ2v) is 4.67. The topological polar surface area (TPSA) is 69.6 Å². The van der Waals surface area contributed by atoms with E-state index in [4.69, 9.17) is 16.7 Å². The number of amides is 1. The first kappa shape index (κ1) is 16.3. The first-order valence-electron chi connectivity index (χ1n) is 6.54. The summed E-state index contributed by atoms with van der Waals surface area (Å²) in [5.41, 5.74) is 0.571. The van der Waals surface area contributed by atoms with Gasteiger partial charge in [-0.25, -0.2) is 4.79 Å². The van der Waals surface area contributed by atoms with Gasteiger partial charge < -0.3 is 15.3 Å². The largest absolute Gasteiger partial charge is 0.478 e. The minimum absolute atomic E-state index is 0.0494. The van der Waals surface area contributed by atoms with Crippen molar-refractivity contribution in [2.75, 3.05) is 25.0 Å². The molecule has 1 amide bonds. The number of carboxylic acid groups (broad SMARTS) is 1. The lowest BCUT2D eigenvalue weighted by molar-refractivity contribution is -0.130. The number of hydrogen-bond acceptors (Lipinski definition) is 3. The zero-order chi connectivity index (χ0) is 15.1. The molecule has 20 heavy (non-hydrogen) atoms. The van der Waals surface area contributed by atoms with Crippen molar-refractivity contribution in [3.63, 3.8) is 0 Å². The number of benzene rings is 1. The van der Waals surface area contributed by atoms with Crippen LogP contribution in [0.5, 0.6) is 0 Å². The van der Waals surface area contributed by atoms with Crippen LogP contribution in [0, 0.1) is 0 Å². The second kappa shape index (κ2) is 7.75. The van der Waals surface area contributed by atoms with Crippen LogP contribution in [0.3, 0.4) is 0 Å². The number of halogens is 1. The molecule has 0 radical (unpaired) electrons. The Morgan fingerprint density at radius 3 is 2.50 bits per heavy atom. The second-order valence-electron chi connectivity index (χ2n) is 4.24. The number of carbonyl (C=O) groups excluding carboxylic acids is 1. The fraction of sp³-hybridized carbons (Fsp3) is 0.429. The van der Waals surface area contributed by atoms with E-state index in [1.165, 1.54) is 6.07 Å². The molecule has 110 valence electrons. The first-order valence-corrected chi connectivity index (χ1v) is 6.91. The van der Waals surface area contributed by atoms with E-state index in [0.717, 1.165) is 0 Å². The van der Waals surface area contributed by atoms with Crippen molar-refractivity contribution < 1.29 is 14.7 Å². The molecule has 0 fully saturated rings. The van der Waals surface area contributed by atoms with Crippen molar-refractivity contribution in [2.45, 2.75) is 20.3 Å². The van der Waals surface area contributed by atoms with Crippen LogP contribution >= 0.6 is 11.6 Å². The van der Waals surface area contributed by atoms with Crippen LogP contribution in [0.25, 0.3) is 0 Å². The summed E-state index contributed by atoms with van der Waals surface area (Å²) in [7, 11) is 0. The van der Waals surface area contributed by atoms with Crippen molar-refractivity contribution in [3.05, 3.63) is 28.8 Å². The van der Waals surface area contributed by atoms with Gasteiger partial charge in [-0.15, -0.1) is 0 Å². The maximum atomic E-state index is 11.8. The molecule has 0 saturated carbocycles. The summed E-state index contributed by atoms with van der Waals surface area (Å²) in [6.45, 7) is 5.59. The van der Waals surface area contributed by atoms with E-state index in [2.05, 4.69) is 5.32 Å². The Bertz CT molecular complexity index is 487. The molecule has 6 heteroatoms. The molecule has 1 rings (SSSR count). The molecule has 0 saturated heterocycles. The van der Waals surface area contributed by atoms with Gasteiger partial charge in [0.05, 0.1) is 5.56 Å². The fourth-order valence-electron chi connectivity index (χ4n) is 1.89. The molecule has 2 N–H and O–H groups in total. The minimum Gasteiger partial charge on any atom is -0.478 e. The standard InChI is InChI=1S/C14H19ClN2O3/c1-3-17(4-2)13(18)7-8-16-12-6-5-10(15)9-11(12)14(19)20/h5-6,9,16H,3-4,7-8H2,1-2H3,(H,19,20). The summed E-state index contributed by atoms with van der Waals surface area (Å²) in [6, 6.07) is 4.61. The monoisotopic (exact) mass is 298 g/mol. The van der Waals surface area contributed by atoms with E-state index in [-0.39, 0.29) is 11.5 Å². The van der Waals surface area contributed by atoms with Gasteiger partial charge in [-0.2, -0.15) is 0 Å². The molecule has 1 aromatic carbocycles. The van der Waals surface area contributed by atoms with Crippen LogP contribution in [0.1, 0.15) is 30.6 Å². The maximum absolute atomic E-state index is 11.8. The smallest absolute Gasteiger partial charge is 0.337 e. The van der Waals surface area contributed by atoms with Gasteiger partial charge in [-0.3, -0.25) is 4.79 Å². The Morgan fingerprint density at radius 1 is 1.30 bits per heavy atom. The quantitative estimate of drug-likeness (QED) is 0.812. The van der Waals surface area contributed by atoms with Gasteiger partial charge in [0.25, 0.3) is 0 Å². The van der Waals surface area contributed by atoms with Crippen LogP contribution in [-0.4, -0.2) is 41.5 Å². The molecule has 0 aliphatic heterocycles. The van der Waals surface area contributed by atoms with Crippen molar-refractivity contribution in [1.29, 1.82) is 0 Å². The average Bonchev–Trinajstić information content (AvgIpc) is 2.41. The molecular formula is C14H19ClN2O3. The SMILES string of the molecule is CCN(CC)C(=O)CCNc1ccc(Cl)cc1C(=O)O. The molecule has 0 bridgehead atoms. The number of aromatic carboxylic acids is 1. The Morgan fingerprint density at radius 2 is 1.95 bits per heavy atom. The van der Waals surface area contributed by atoms with Crippen LogP contribution in [0.2, 0.25) is 5.02 Å². The van der Waals surface area contributed by atoms with Crippen molar-refractivity contribution in [1.82, 2.24) is 4.90 Å². The van der Waals surface area contributed by atoms with Crippen molar-refractivity contribution in [3.8, 4) is 0 Å². The van der Waals surface area contributed by atoms with Gasteiger partial charge >= 0.3 is 5.97 Å².